The molecule has 0 fully saturated rings. The van der Waals surface area contributed by atoms with Gasteiger partial charge in [0.15, 0.2) is 0 Å². The number of rotatable bonds is 7. The molecule has 2 N–H and O–H groups in total. The molecule has 1 aromatic heterocycles. The molecule has 20 heavy (non-hydrogen) atoms. The first kappa shape index (κ1) is 16.7. The lowest BCUT2D eigenvalue weighted by Crippen LogP contribution is -2.52. The molecule has 5 nitrogen and oxygen atoms in total. The van der Waals surface area contributed by atoms with Crippen LogP contribution in [-0.2, 0) is 11.3 Å². The molecule has 1 atom stereocenters. The second kappa shape index (κ2) is 7.45. The van der Waals surface area contributed by atoms with Crippen LogP contribution < -0.4 is 5.32 Å². The number of furan rings is 1. The molecule has 0 aliphatic rings. The Balaban J connectivity index is 2.77. The van der Waals surface area contributed by atoms with Gasteiger partial charge >= 0.3 is 0 Å². The zero-order valence-corrected chi connectivity index (χ0v) is 12.8. The van der Waals surface area contributed by atoms with Gasteiger partial charge in [-0.2, -0.15) is 0 Å². The standard InChI is InChI=1S/C15H26N2O3/c1-5-13(14(19)16-15(2,3)4)17(8-9-18)11-12-7-6-10-20-12/h6-7,10,13,18H,5,8-9,11H2,1-4H3,(H,16,19). The number of aliphatic hydroxyl groups is 1. The maximum Gasteiger partial charge on any atom is 0.237 e. The number of hydrogen-bond donors (Lipinski definition) is 2. The highest BCUT2D eigenvalue weighted by Crippen LogP contribution is 2.13. The molecule has 1 aromatic rings. The van der Waals surface area contributed by atoms with Crippen LogP contribution in [0.15, 0.2) is 22.8 Å². The highest BCUT2D eigenvalue weighted by Gasteiger charge is 2.27. The molecule has 1 unspecified atom stereocenters. The second-order valence-corrected chi connectivity index (χ2v) is 5.94. The fourth-order valence-electron chi connectivity index (χ4n) is 2.14. The third-order valence-electron chi connectivity index (χ3n) is 2.95. The average Bonchev–Trinajstić information content (AvgIpc) is 2.80. The van der Waals surface area contributed by atoms with Crippen LogP contribution in [0.4, 0.5) is 0 Å². The average molecular weight is 282 g/mol. The highest BCUT2D eigenvalue weighted by molar-refractivity contribution is 5.82. The highest BCUT2D eigenvalue weighted by atomic mass is 16.3. The number of aliphatic hydroxyl groups excluding tert-OH is 1. The molecule has 0 saturated heterocycles. The quantitative estimate of drug-likeness (QED) is 0.800. The van der Waals surface area contributed by atoms with Crippen molar-refractivity contribution in [2.75, 3.05) is 13.2 Å². The Morgan fingerprint density at radius 2 is 2.20 bits per heavy atom. The summed E-state index contributed by atoms with van der Waals surface area (Å²) >= 11 is 0. The van der Waals surface area contributed by atoms with Crippen LogP contribution in [0.2, 0.25) is 0 Å². The lowest BCUT2D eigenvalue weighted by molar-refractivity contribution is -0.128. The van der Waals surface area contributed by atoms with Gasteiger partial charge in [-0.1, -0.05) is 6.92 Å². The van der Waals surface area contributed by atoms with Gasteiger partial charge in [-0.3, -0.25) is 9.69 Å². The van der Waals surface area contributed by atoms with Crippen LogP contribution in [0.5, 0.6) is 0 Å². The number of amides is 1. The Labute approximate surface area is 121 Å². The second-order valence-electron chi connectivity index (χ2n) is 5.94. The summed E-state index contributed by atoms with van der Waals surface area (Å²) in [5.41, 5.74) is -0.264. The van der Waals surface area contributed by atoms with E-state index in [2.05, 4.69) is 5.32 Å². The molecule has 5 heteroatoms. The SMILES string of the molecule is CCC(C(=O)NC(C)(C)C)N(CCO)Cc1ccco1. The molecule has 0 saturated carbocycles. The van der Waals surface area contributed by atoms with E-state index < -0.39 is 0 Å². The van der Waals surface area contributed by atoms with Gasteiger partial charge < -0.3 is 14.8 Å². The molecule has 1 rings (SSSR count). The van der Waals surface area contributed by atoms with E-state index in [0.29, 0.717) is 19.5 Å². The molecule has 0 aliphatic carbocycles. The molecule has 0 radical (unpaired) electrons. The van der Waals surface area contributed by atoms with Crippen LogP contribution >= 0.6 is 0 Å². The topological polar surface area (TPSA) is 65.7 Å². The minimum absolute atomic E-state index is 0.0139. The van der Waals surface area contributed by atoms with Crippen LogP contribution in [-0.4, -0.2) is 40.6 Å². The minimum atomic E-state index is -0.272. The molecule has 1 heterocycles. The molecule has 0 spiro atoms. The number of carbonyl (C=O) groups is 1. The van der Waals surface area contributed by atoms with E-state index in [4.69, 9.17) is 4.42 Å². The maximum atomic E-state index is 12.4. The third kappa shape index (κ3) is 5.35. The van der Waals surface area contributed by atoms with Crippen molar-refractivity contribution in [3.8, 4) is 0 Å². The normalized spacial score (nSPS) is 13.5. The Kier molecular flexibility index (Phi) is 6.23. The Morgan fingerprint density at radius 1 is 1.50 bits per heavy atom. The molecule has 0 aromatic carbocycles. The summed E-state index contributed by atoms with van der Waals surface area (Å²) in [5, 5.41) is 12.2. The largest absolute Gasteiger partial charge is 0.468 e. The molecule has 0 aliphatic heterocycles. The van der Waals surface area contributed by atoms with Crippen LogP contribution in [0.3, 0.4) is 0 Å². The first-order chi connectivity index (χ1) is 9.37. The Bertz CT molecular complexity index is 396. The zero-order chi connectivity index (χ0) is 15.2. The summed E-state index contributed by atoms with van der Waals surface area (Å²) < 4.78 is 5.33. The van der Waals surface area contributed by atoms with Crippen molar-refractivity contribution >= 4 is 5.91 Å². The van der Waals surface area contributed by atoms with E-state index in [0.717, 1.165) is 5.76 Å². The Morgan fingerprint density at radius 3 is 2.65 bits per heavy atom. The summed E-state index contributed by atoms with van der Waals surface area (Å²) in [6.45, 7) is 8.82. The van der Waals surface area contributed by atoms with Crippen LogP contribution in [0, 0.1) is 0 Å². The first-order valence-corrected chi connectivity index (χ1v) is 7.06. The van der Waals surface area contributed by atoms with Crippen molar-refractivity contribution in [1.29, 1.82) is 0 Å². The van der Waals surface area contributed by atoms with Gasteiger partial charge in [0, 0.05) is 12.1 Å². The van der Waals surface area contributed by atoms with E-state index in [1.165, 1.54) is 0 Å². The predicted molar refractivity (Wildman–Crippen MR) is 78.2 cm³/mol. The lowest BCUT2D eigenvalue weighted by atomic mass is 10.1. The van der Waals surface area contributed by atoms with Crippen molar-refractivity contribution in [3.63, 3.8) is 0 Å². The van der Waals surface area contributed by atoms with E-state index >= 15 is 0 Å². The first-order valence-electron chi connectivity index (χ1n) is 7.06. The lowest BCUT2D eigenvalue weighted by Gasteiger charge is -2.31. The fourth-order valence-corrected chi connectivity index (χ4v) is 2.14. The van der Waals surface area contributed by atoms with Crippen LogP contribution in [0.25, 0.3) is 0 Å². The maximum absolute atomic E-state index is 12.4. The van der Waals surface area contributed by atoms with Gasteiger partial charge in [0.05, 0.1) is 25.5 Å². The fraction of sp³-hybridized carbons (Fsp3) is 0.667. The summed E-state index contributed by atoms with van der Waals surface area (Å²) in [4.78, 5) is 14.3. The zero-order valence-electron chi connectivity index (χ0n) is 12.8. The van der Waals surface area contributed by atoms with E-state index in [-0.39, 0.29) is 24.1 Å². The molecule has 1 amide bonds. The van der Waals surface area contributed by atoms with Crippen molar-refractivity contribution in [2.24, 2.45) is 0 Å². The number of nitrogens with zero attached hydrogens (tertiary/aromatic N) is 1. The predicted octanol–water partition coefficient (Wildman–Crippen LogP) is 1.77. The van der Waals surface area contributed by atoms with E-state index in [1.807, 2.05) is 44.7 Å². The number of carbonyl (C=O) groups excluding carboxylic acids is 1. The van der Waals surface area contributed by atoms with E-state index in [9.17, 15) is 9.90 Å². The summed E-state index contributed by atoms with van der Waals surface area (Å²) in [6.07, 6.45) is 2.30. The number of nitrogens with one attached hydrogen (secondary N) is 1. The summed E-state index contributed by atoms with van der Waals surface area (Å²) in [6, 6.07) is 3.42. The van der Waals surface area contributed by atoms with E-state index in [1.54, 1.807) is 6.26 Å². The van der Waals surface area contributed by atoms with Crippen molar-refractivity contribution < 1.29 is 14.3 Å². The van der Waals surface area contributed by atoms with Gasteiger partial charge in [-0.15, -0.1) is 0 Å². The molecular weight excluding hydrogens is 256 g/mol. The Hall–Kier alpha value is -1.33. The third-order valence-corrected chi connectivity index (χ3v) is 2.95. The van der Waals surface area contributed by atoms with Gasteiger partial charge in [-0.25, -0.2) is 0 Å². The van der Waals surface area contributed by atoms with Crippen molar-refractivity contribution in [1.82, 2.24) is 10.2 Å². The van der Waals surface area contributed by atoms with Crippen molar-refractivity contribution in [2.45, 2.75) is 52.2 Å². The van der Waals surface area contributed by atoms with Crippen LogP contribution in [0.1, 0.15) is 39.9 Å². The van der Waals surface area contributed by atoms with Gasteiger partial charge in [-0.05, 0) is 39.3 Å². The summed E-state index contributed by atoms with van der Waals surface area (Å²) in [7, 11) is 0. The smallest absolute Gasteiger partial charge is 0.237 e. The minimum Gasteiger partial charge on any atom is -0.468 e. The van der Waals surface area contributed by atoms with Gasteiger partial charge in [0.1, 0.15) is 5.76 Å². The molecule has 0 bridgehead atoms. The molecular formula is C15H26N2O3. The molecule has 114 valence electrons. The van der Waals surface area contributed by atoms with Crippen molar-refractivity contribution in [3.05, 3.63) is 24.2 Å². The number of hydrogen-bond acceptors (Lipinski definition) is 4. The monoisotopic (exact) mass is 282 g/mol. The summed E-state index contributed by atoms with van der Waals surface area (Å²) in [5.74, 6) is 0.778. The van der Waals surface area contributed by atoms with Gasteiger partial charge in [0.25, 0.3) is 0 Å². The van der Waals surface area contributed by atoms with Gasteiger partial charge in [0.2, 0.25) is 5.91 Å².